The fraction of sp³-hybridized carbons (Fsp3) is 0.929. The molecule has 0 saturated carbocycles. The van der Waals surface area contributed by atoms with Gasteiger partial charge < -0.3 is 10.6 Å². The predicted octanol–water partition coefficient (Wildman–Crippen LogP) is 0.695. The molecule has 0 spiro atoms. The molecule has 6 nitrogen and oxygen atoms in total. The van der Waals surface area contributed by atoms with E-state index in [2.05, 4.69) is 10.6 Å². The van der Waals surface area contributed by atoms with E-state index in [0.717, 1.165) is 19.4 Å². The second kappa shape index (κ2) is 8.70. The lowest BCUT2D eigenvalue weighted by Crippen LogP contribution is -2.49. The van der Waals surface area contributed by atoms with Crippen molar-refractivity contribution in [3.05, 3.63) is 0 Å². The lowest BCUT2D eigenvalue weighted by molar-refractivity contribution is -0.124. The SMILES string of the molecule is CCCCS(=O)(=O)N1CCCC1C(=O)NC[C@@H](C)NCC. The van der Waals surface area contributed by atoms with Gasteiger partial charge in [-0.25, -0.2) is 8.42 Å². The first-order valence-corrected chi connectivity index (χ1v) is 9.53. The average molecular weight is 319 g/mol. The van der Waals surface area contributed by atoms with Gasteiger partial charge in [0.2, 0.25) is 15.9 Å². The quantitative estimate of drug-likeness (QED) is 0.655. The molecule has 0 aromatic rings. The van der Waals surface area contributed by atoms with Gasteiger partial charge in [0.15, 0.2) is 0 Å². The zero-order valence-electron chi connectivity index (χ0n) is 13.4. The van der Waals surface area contributed by atoms with Gasteiger partial charge in [-0.1, -0.05) is 20.3 Å². The summed E-state index contributed by atoms with van der Waals surface area (Å²) in [5, 5.41) is 6.07. The highest BCUT2D eigenvalue weighted by Crippen LogP contribution is 2.22. The molecule has 1 amide bonds. The van der Waals surface area contributed by atoms with Gasteiger partial charge in [0.05, 0.1) is 5.75 Å². The van der Waals surface area contributed by atoms with Crippen molar-refractivity contribution in [1.82, 2.24) is 14.9 Å². The van der Waals surface area contributed by atoms with E-state index >= 15 is 0 Å². The number of sulfonamides is 1. The van der Waals surface area contributed by atoms with Gasteiger partial charge in [0.25, 0.3) is 0 Å². The summed E-state index contributed by atoms with van der Waals surface area (Å²) < 4.78 is 26.0. The van der Waals surface area contributed by atoms with E-state index in [1.807, 2.05) is 20.8 Å². The molecule has 1 aliphatic heterocycles. The third-order valence-corrected chi connectivity index (χ3v) is 5.71. The van der Waals surface area contributed by atoms with E-state index in [4.69, 9.17) is 0 Å². The highest BCUT2D eigenvalue weighted by molar-refractivity contribution is 7.89. The molecule has 2 atom stereocenters. The molecule has 0 aromatic heterocycles. The standard InChI is InChI=1S/C14H29N3O3S/c1-4-6-10-21(19,20)17-9-7-8-13(17)14(18)16-11-12(3)15-5-2/h12-13,15H,4-11H2,1-3H3,(H,16,18)/t12-,13?/m1/s1. The summed E-state index contributed by atoms with van der Waals surface area (Å²) in [4.78, 5) is 12.2. The van der Waals surface area contributed by atoms with Crippen LogP contribution in [-0.2, 0) is 14.8 Å². The highest BCUT2D eigenvalue weighted by atomic mass is 32.2. The maximum absolute atomic E-state index is 12.3. The van der Waals surface area contributed by atoms with Crippen LogP contribution in [0.3, 0.4) is 0 Å². The number of unbranched alkanes of at least 4 members (excludes halogenated alkanes) is 1. The van der Waals surface area contributed by atoms with Crippen molar-refractivity contribution in [3.63, 3.8) is 0 Å². The summed E-state index contributed by atoms with van der Waals surface area (Å²) in [7, 11) is -3.31. The fourth-order valence-corrected chi connectivity index (χ4v) is 4.46. The smallest absolute Gasteiger partial charge is 0.238 e. The van der Waals surface area contributed by atoms with Crippen LogP contribution in [0.15, 0.2) is 0 Å². The van der Waals surface area contributed by atoms with Gasteiger partial charge in [-0.05, 0) is 32.7 Å². The number of carbonyl (C=O) groups is 1. The van der Waals surface area contributed by atoms with Crippen molar-refractivity contribution in [3.8, 4) is 0 Å². The molecule has 1 aliphatic rings. The van der Waals surface area contributed by atoms with E-state index in [1.165, 1.54) is 4.31 Å². The largest absolute Gasteiger partial charge is 0.353 e. The molecule has 2 N–H and O–H groups in total. The van der Waals surface area contributed by atoms with Crippen LogP contribution in [0.1, 0.15) is 46.5 Å². The van der Waals surface area contributed by atoms with Gasteiger partial charge in [-0.2, -0.15) is 4.31 Å². The van der Waals surface area contributed by atoms with Crippen LogP contribution < -0.4 is 10.6 Å². The van der Waals surface area contributed by atoms with E-state index in [9.17, 15) is 13.2 Å². The Morgan fingerprint density at radius 1 is 1.38 bits per heavy atom. The van der Waals surface area contributed by atoms with Gasteiger partial charge in [0.1, 0.15) is 6.04 Å². The van der Waals surface area contributed by atoms with Crippen LogP contribution in [0.25, 0.3) is 0 Å². The Morgan fingerprint density at radius 2 is 2.10 bits per heavy atom. The van der Waals surface area contributed by atoms with Crippen molar-refractivity contribution < 1.29 is 13.2 Å². The molecule has 0 aromatic carbocycles. The molecule has 0 bridgehead atoms. The van der Waals surface area contributed by atoms with Crippen molar-refractivity contribution in [2.75, 3.05) is 25.4 Å². The number of carbonyl (C=O) groups excluding carboxylic acids is 1. The van der Waals surface area contributed by atoms with Crippen molar-refractivity contribution in [1.29, 1.82) is 0 Å². The monoisotopic (exact) mass is 319 g/mol. The first kappa shape index (κ1) is 18.4. The number of likely N-dealkylation sites (N-methyl/N-ethyl adjacent to an activating group) is 1. The fourth-order valence-electron chi connectivity index (χ4n) is 2.57. The molecular formula is C14H29N3O3S. The second-order valence-electron chi connectivity index (χ2n) is 5.64. The minimum absolute atomic E-state index is 0.140. The lowest BCUT2D eigenvalue weighted by atomic mass is 10.2. The van der Waals surface area contributed by atoms with Crippen LogP contribution in [-0.4, -0.2) is 56.1 Å². The molecule has 1 saturated heterocycles. The first-order chi connectivity index (χ1) is 9.92. The van der Waals surface area contributed by atoms with Gasteiger partial charge >= 0.3 is 0 Å². The molecular weight excluding hydrogens is 290 g/mol. The van der Waals surface area contributed by atoms with E-state index in [1.54, 1.807) is 0 Å². The number of nitrogens with one attached hydrogen (secondary N) is 2. The average Bonchev–Trinajstić information content (AvgIpc) is 2.93. The van der Waals surface area contributed by atoms with Crippen LogP contribution >= 0.6 is 0 Å². The highest BCUT2D eigenvalue weighted by Gasteiger charge is 2.37. The third-order valence-electron chi connectivity index (χ3n) is 3.75. The minimum atomic E-state index is -3.31. The van der Waals surface area contributed by atoms with Gasteiger partial charge in [0, 0.05) is 19.1 Å². The van der Waals surface area contributed by atoms with Crippen LogP contribution in [0.2, 0.25) is 0 Å². The van der Waals surface area contributed by atoms with Crippen molar-refractivity contribution in [2.24, 2.45) is 0 Å². The molecule has 1 heterocycles. The first-order valence-electron chi connectivity index (χ1n) is 7.93. The maximum atomic E-state index is 12.3. The number of rotatable bonds is 9. The zero-order chi connectivity index (χ0) is 15.9. The number of hydrogen-bond acceptors (Lipinski definition) is 4. The molecule has 7 heteroatoms. The molecule has 0 radical (unpaired) electrons. The topological polar surface area (TPSA) is 78.5 Å². The number of nitrogens with zero attached hydrogens (tertiary/aromatic N) is 1. The van der Waals surface area contributed by atoms with Crippen LogP contribution in [0.4, 0.5) is 0 Å². The molecule has 21 heavy (non-hydrogen) atoms. The lowest BCUT2D eigenvalue weighted by Gasteiger charge is -2.24. The minimum Gasteiger partial charge on any atom is -0.353 e. The summed E-state index contributed by atoms with van der Waals surface area (Å²) in [6, 6.07) is -0.341. The van der Waals surface area contributed by atoms with Crippen molar-refractivity contribution in [2.45, 2.75) is 58.5 Å². The Kier molecular flexibility index (Phi) is 7.62. The summed E-state index contributed by atoms with van der Waals surface area (Å²) in [6.45, 7) is 7.80. The summed E-state index contributed by atoms with van der Waals surface area (Å²) in [5.41, 5.74) is 0. The number of amides is 1. The maximum Gasteiger partial charge on any atom is 0.238 e. The van der Waals surface area contributed by atoms with Gasteiger partial charge in [-0.15, -0.1) is 0 Å². The summed E-state index contributed by atoms with van der Waals surface area (Å²) >= 11 is 0. The van der Waals surface area contributed by atoms with Gasteiger partial charge in [-0.3, -0.25) is 4.79 Å². The molecule has 0 aliphatic carbocycles. The molecule has 1 fully saturated rings. The molecule has 1 unspecified atom stereocenters. The Morgan fingerprint density at radius 3 is 2.71 bits per heavy atom. The second-order valence-corrected chi connectivity index (χ2v) is 7.68. The summed E-state index contributed by atoms with van der Waals surface area (Å²) in [6.07, 6.45) is 2.85. The summed E-state index contributed by atoms with van der Waals surface area (Å²) in [5.74, 6) is -0.0292. The van der Waals surface area contributed by atoms with Crippen molar-refractivity contribution >= 4 is 15.9 Å². The predicted molar refractivity (Wildman–Crippen MR) is 84.6 cm³/mol. The number of hydrogen-bond donors (Lipinski definition) is 2. The van der Waals surface area contributed by atoms with E-state index in [0.29, 0.717) is 25.9 Å². The molecule has 1 rings (SSSR count). The van der Waals surface area contributed by atoms with E-state index in [-0.39, 0.29) is 17.7 Å². The Hall–Kier alpha value is -0.660. The Balaban J connectivity index is 2.58. The molecule has 124 valence electrons. The van der Waals surface area contributed by atoms with E-state index < -0.39 is 16.1 Å². The zero-order valence-corrected chi connectivity index (χ0v) is 14.2. The normalized spacial score (nSPS) is 21.4. The Bertz CT molecular complexity index is 425. The Labute approximate surface area is 128 Å². The van der Waals surface area contributed by atoms with Crippen LogP contribution in [0, 0.1) is 0 Å². The van der Waals surface area contributed by atoms with Crippen LogP contribution in [0.5, 0.6) is 0 Å². The third kappa shape index (κ3) is 5.56.